The summed E-state index contributed by atoms with van der Waals surface area (Å²) in [6, 6.07) is 0. The highest BCUT2D eigenvalue weighted by Gasteiger charge is 2.50. The molecule has 0 radical (unpaired) electrons. The molecule has 3 saturated carbocycles. The third-order valence-corrected chi connectivity index (χ3v) is 8.18. The summed E-state index contributed by atoms with van der Waals surface area (Å²) in [4.78, 5) is 12.2. The summed E-state index contributed by atoms with van der Waals surface area (Å²) in [5.41, 5.74) is 2.86. The number of ketones is 1. The monoisotopic (exact) mass is 386 g/mol. The van der Waals surface area contributed by atoms with E-state index in [0.717, 1.165) is 23.3 Å². The maximum Gasteiger partial charge on any atom is 0.159 e. The lowest BCUT2D eigenvalue weighted by molar-refractivity contribution is -0.117. The number of carbonyl (C=O) groups excluding carboxylic acids is 1. The minimum atomic E-state index is -0.332. The minimum Gasteiger partial charge on any atom is -0.393 e. The first kappa shape index (κ1) is 21.8. The molecule has 2 heteroatoms. The Balaban J connectivity index is 1.70. The van der Waals surface area contributed by atoms with Gasteiger partial charge >= 0.3 is 0 Å². The largest absolute Gasteiger partial charge is 0.393 e. The van der Waals surface area contributed by atoms with E-state index in [9.17, 15) is 9.90 Å². The van der Waals surface area contributed by atoms with Crippen LogP contribution >= 0.6 is 0 Å². The maximum atomic E-state index is 12.2. The van der Waals surface area contributed by atoms with Crippen LogP contribution in [0.4, 0.5) is 0 Å². The second-order valence-corrected chi connectivity index (χ2v) is 10.7. The second-order valence-electron chi connectivity index (χ2n) is 10.7. The molecule has 1 N–H and O–H groups in total. The van der Waals surface area contributed by atoms with Crippen LogP contribution in [-0.4, -0.2) is 17.0 Å². The summed E-state index contributed by atoms with van der Waals surface area (Å²) in [6.45, 7) is 9.73. The molecule has 5 atom stereocenters. The lowest BCUT2D eigenvalue weighted by atomic mass is 9.60. The second kappa shape index (κ2) is 9.28. The number of fused-ring (bicyclic) bond motifs is 1. The van der Waals surface area contributed by atoms with Crippen LogP contribution in [-0.2, 0) is 4.79 Å². The van der Waals surface area contributed by atoms with Gasteiger partial charge in [-0.3, -0.25) is 4.79 Å². The Hall–Kier alpha value is -0.890. The number of carbonyl (C=O) groups is 1. The zero-order chi connectivity index (χ0) is 20.3. The summed E-state index contributed by atoms with van der Waals surface area (Å²) in [5, 5.41) is 9.91. The Bertz CT molecular complexity index is 614. The fraction of sp³-hybridized carbons (Fsp3) is 0.808. The van der Waals surface area contributed by atoms with Crippen LogP contribution in [0.2, 0.25) is 0 Å². The molecule has 0 heterocycles. The number of aliphatic hydroxyl groups is 1. The number of rotatable bonds is 6. The van der Waals surface area contributed by atoms with Crippen LogP contribution in [0.25, 0.3) is 0 Å². The smallest absolute Gasteiger partial charge is 0.159 e. The molecule has 0 aromatic rings. The van der Waals surface area contributed by atoms with E-state index in [0.29, 0.717) is 30.6 Å². The van der Waals surface area contributed by atoms with Gasteiger partial charge in [-0.2, -0.15) is 0 Å². The van der Waals surface area contributed by atoms with E-state index >= 15 is 0 Å². The molecule has 0 spiro atoms. The van der Waals surface area contributed by atoms with Crippen LogP contribution in [0.1, 0.15) is 98.3 Å². The Morgan fingerprint density at radius 3 is 2.64 bits per heavy atom. The first-order chi connectivity index (χ1) is 13.3. The summed E-state index contributed by atoms with van der Waals surface area (Å²) >= 11 is 0. The quantitative estimate of drug-likeness (QED) is 0.520. The fourth-order valence-corrected chi connectivity index (χ4v) is 6.56. The standard InChI is InChI=1S/C26H42O2/c1-18(2)7-5-8-19(3)23-13-14-24-20(9-6-16-26(23,24)4)10-11-21-17-22(27)12-15-25(21)28/h10-11,18-19,22-24,27H,5-9,12-17H2,1-4H3/b20-10+,21-11+/t19-,22+,23-,24+,26-/m1/s1. The van der Waals surface area contributed by atoms with Gasteiger partial charge in [0.1, 0.15) is 0 Å². The van der Waals surface area contributed by atoms with Crippen LogP contribution in [0, 0.1) is 29.1 Å². The lowest BCUT2D eigenvalue weighted by Crippen LogP contribution is -2.36. The molecular formula is C26H42O2. The van der Waals surface area contributed by atoms with Crippen molar-refractivity contribution in [1.29, 1.82) is 0 Å². The third-order valence-electron chi connectivity index (χ3n) is 8.18. The van der Waals surface area contributed by atoms with Crippen molar-refractivity contribution in [2.45, 2.75) is 104 Å². The van der Waals surface area contributed by atoms with Crippen molar-refractivity contribution in [3.8, 4) is 0 Å². The molecular weight excluding hydrogens is 344 g/mol. The summed E-state index contributed by atoms with van der Waals surface area (Å²) < 4.78 is 0. The molecule has 3 aliphatic carbocycles. The van der Waals surface area contributed by atoms with E-state index in [1.54, 1.807) is 5.57 Å². The SMILES string of the molecule is CC(C)CCC[C@@H](C)[C@H]1CC[C@H]2/C(=C/C=C3\C[C@@H](O)CCC3=O)CCC[C@]12C. The molecule has 0 amide bonds. The van der Waals surface area contributed by atoms with Gasteiger partial charge in [0.25, 0.3) is 0 Å². The van der Waals surface area contributed by atoms with Crippen molar-refractivity contribution in [3.05, 3.63) is 23.3 Å². The predicted molar refractivity (Wildman–Crippen MR) is 117 cm³/mol. The molecule has 0 bridgehead atoms. The van der Waals surface area contributed by atoms with E-state index in [1.807, 2.05) is 0 Å². The van der Waals surface area contributed by atoms with Gasteiger partial charge in [-0.15, -0.1) is 0 Å². The molecule has 0 aliphatic heterocycles. The van der Waals surface area contributed by atoms with Gasteiger partial charge in [-0.25, -0.2) is 0 Å². The van der Waals surface area contributed by atoms with Gasteiger partial charge in [-0.1, -0.05) is 64.7 Å². The van der Waals surface area contributed by atoms with Gasteiger partial charge in [0.2, 0.25) is 0 Å². The van der Waals surface area contributed by atoms with Crippen LogP contribution in [0.15, 0.2) is 23.3 Å². The van der Waals surface area contributed by atoms with Gasteiger partial charge in [0.05, 0.1) is 6.10 Å². The summed E-state index contributed by atoms with van der Waals surface area (Å²) in [6.07, 6.45) is 16.3. The first-order valence-electron chi connectivity index (χ1n) is 11.9. The molecule has 0 aromatic carbocycles. The maximum absolute atomic E-state index is 12.2. The Labute approximate surface area is 172 Å². The normalized spacial score (nSPS) is 37.6. The van der Waals surface area contributed by atoms with Crippen molar-refractivity contribution in [2.24, 2.45) is 29.1 Å². The molecule has 0 saturated heterocycles. The van der Waals surface area contributed by atoms with Crippen molar-refractivity contribution in [3.63, 3.8) is 0 Å². The highest BCUT2D eigenvalue weighted by molar-refractivity contribution is 5.96. The van der Waals surface area contributed by atoms with Gasteiger partial charge in [0.15, 0.2) is 5.78 Å². The van der Waals surface area contributed by atoms with Gasteiger partial charge in [0, 0.05) is 12.8 Å². The third kappa shape index (κ3) is 4.81. The van der Waals surface area contributed by atoms with Crippen molar-refractivity contribution in [2.75, 3.05) is 0 Å². The fourth-order valence-electron chi connectivity index (χ4n) is 6.56. The average Bonchev–Trinajstić information content (AvgIpc) is 2.99. The Morgan fingerprint density at radius 2 is 1.89 bits per heavy atom. The Kier molecular flexibility index (Phi) is 7.23. The molecule has 3 rings (SSSR count). The molecule has 0 unspecified atom stereocenters. The highest BCUT2D eigenvalue weighted by atomic mass is 16.3. The van der Waals surface area contributed by atoms with Crippen molar-refractivity contribution >= 4 is 5.78 Å². The number of aliphatic hydroxyl groups excluding tert-OH is 1. The van der Waals surface area contributed by atoms with Crippen molar-refractivity contribution in [1.82, 2.24) is 0 Å². The van der Waals surface area contributed by atoms with E-state index in [-0.39, 0.29) is 11.9 Å². The average molecular weight is 387 g/mol. The molecule has 3 fully saturated rings. The zero-order valence-electron chi connectivity index (χ0n) is 18.7. The minimum absolute atomic E-state index is 0.240. The van der Waals surface area contributed by atoms with E-state index in [4.69, 9.17) is 0 Å². The number of Topliss-reactive ketones (excluding diaryl/α,β-unsaturated/α-hetero) is 1. The van der Waals surface area contributed by atoms with Gasteiger partial charge in [-0.05, 0) is 73.2 Å². The van der Waals surface area contributed by atoms with E-state index in [2.05, 4.69) is 39.8 Å². The summed E-state index contributed by atoms with van der Waals surface area (Å²) in [5.74, 6) is 3.42. The summed E-state index contributed by atoms with van der Waals surface area (Å²) in [7, 11) is 0. The molecule has 0 aromatic heterocycles. The first-order valence-corrected chi connectivity index (χ1v) is 11.9. The topological polar surface area (TPSA) is 37.3 Å². The molecule has 2 nitrogen and oxygen atoms in total. The van der Waals surface area contributed by atoms with E-state index in [1.165, 1.54) is 51.4 Å². The molecule has 158 valence electrons. The van der Waals surface area contributed by atoms with E-state index < -0.39 is 0 Å². The van der Waals surface area contributed by atoms with Crippen LogP contribution in [0.3, 0.4) is 0 Å². The number of hydrogen-bond donors (Lipinski definition) is 1. The zero-order valence-corrected chi connectivity index (χ0v) is 18.7. The molecule has 28 heavy (non-hydrogen) atoms. The highest BCUT2D eigenvalue weighted by Crippen LogP contribution is 2.59. The predicted octanol–water partition coefficient (Wildman–Crippen LogP) is 6.63. The lowest BCUT2D eigenvalue weighted by Gasteiger charge is -2.44. The number of hydrogen-bond acceptors (Lipinski definition) is 2. The van der Waals surface area contributed by atoms with Crippen LogP contribution in [0.5, 0.6) is 0 Å². The molecule has 3 aliphatic rings. The number of allylic oxidation sites excluding steroid dienone is 3. The van der Waals surface area contributed by atoms with Gasteiger partial charge < -0.3 is 5.11 Å². The van der Waals surface area contributed by atoms with Crippen LogP contribution < -0.4 is 0 Å². The van der Waals surface area contributed by atoms with Crippen molar-refractivity contribution < 1.29 is 9.90 Å². The Morgan fingerprint density at radius 1 is 1.11 bits per heavy atom.